The van der Waals surface area contributed by atoms with E-state index in [-0.39, 0.29) is 29.4 Å². The van der Waals surface area contributed by atoms with Crippen LogP contribution in [0.5, 0.6) is 0 Å². The molecule has 0 unspecified atom stereocenters. The molecule has 0 saturated carbocycles. The third-order valence-electron chi connectivity index (χ3n) is 5.71. The van der Waals surface area contributed by atoms with Gasteiger partial charge in [-0.05, 0) is 48.4 Å². The van der Waals surface area contributed by atoms with Crippen molar-refractivity contribution >= 4 is 15.9 Å². The molecular weight excluding hydrogens is 415 g/mol. The summed E-state index contributed by atoms with van der Waals surface area (Å²) >= 11 is 0. The number of nitrogens with one attached hydrogen (secondary N) is 1. The Kier molecular flexibility index (Phi) is 7.84. The lowest BCUT2D eigenvalue weighted by Gasteiger charge is -2.32. The first-order chi connectivity index (χ1) is 14.7. The number of amides is 1. The van der Waals surface area contributed by atoms with Crippen molar-refractivity contribution in [3.8, 4) is 0 Å². The summed E-state index contributed by atoms with van der Waals surface area (Å²) in [7, 11) is -3.50. The molecule has 1 aliphatic heterocycles. The van der Waals surface area contributed by atoms with E-state index in [1.165, 1.54) is 28.6 Å². The zero-order chi connectivity index (χ0) is 22.4. The number of rotatable bonds is 8. The largest absolute Gasteiger partial charge is 0.349 e. The molecule has 0 aliphatic carbocycles. The van der Waals surface area contributed by atoms with Gasteiger partial charge in [-0.3, -0.25) is 4.79 Å². The minimum Gasteiger partial charge on any atom is -0.349 e. The molecule has 1 amide bonds. The molecule has 1 atom stereocenters. The van der Waals surface area contributed by atoms with Crippen molar-refractivity contribution in [2.24, 2.45) is 11.8 Å². The van der Waals surface area contributed by atoms with Gasteiger partial charge in [0.05, 0.1) is 11.8 Å². The molecule has 1 N–H and O–H groups in total. The Morgan fingerprint density at radius 3 is 2.26 bits per heavy atom. The lowest BCUT2D eigenvalue weighted by Crippen LogP contribution is -2.44. The van der Waals surface area contributed by atoms with Crippen LogP contribution in [0.3, 0.4) is 0 Å². The molecule has 0 aromatic heterocycles. The standard InChI is InChI=1S/C24H31FN2O3S/c1-18(2)16-23(20-6-4-3-5-7-20)26-24(28)21-12-14-27(15-13-21)31(29,30)17-19-8-10-22(25)11-9-19/h3-11,18,21,23H,12-17H2,1-2H3,(H,26,28)/t23-/m1/s1. The quantitative estimate of drug-likeness (QED) is 0.659. The van der Waals surface area contributed by atoms with Gasteiger partial charge in [-0.2, -0.15) is 0 Å². The molecule has 1 aliphatic rings. The van der Waals surface area contributed by atoms with Crippen LogP contribution < -0.4 is 5.32 Å². The minimum atomic E-state index is -3.50. The summed E-state index contributed by atoms with van der Waals surface area (Å²) in [6.07, 6.45) is 1.84. The van der Waals surface area contributed by atoms with Crippen molar-refractivity contribution in [1.29, 1.82) is 0 Å². The van der Waals surface area contributed by atoms with E-state index in [9.17, 15) is 17.6 Å². The molecule has 7 heteroatoms. The normalized spacial score (nSPS) is 16.9. The summed E-state index contributed by atoms with van der Waals surface area (Å²) in [6, 6.07) is 15.4. The van der Waals surface area contributed by atoms with Crippen molar-refractivity contribution in [3.05, 3.63) is 71.5 Å². The lowest BCUT2D eigenvalue weighted by atomic mass is 9.93. The Morgan fingerprint density at radius 1 is 1.06 bits per heavy atom. The molecule has 1 saturated heterocycles. The fourth-order valence-electron chi connectivity index (χ4n) is 4.00. The van der Waals surface area contributed by atoms with Crippen molar-refractivity contribution in [3.63, 3.8) is 0 Å². The average molecular weight is 447 g/mol. The Bertz CT molecular complexity index is 954. The number of nitrogens with zero attached hydrogens (tertiary/aromatic N) is 1. The molecule has 5 nitrogen and oxygen atoms in total. The third kappa shape index (κ3) is 6.61. The van der Waals surface area contributed by atoms with Gasteiger partial charge in [0.15, 0.2) is 0 Å². The topological polar surface area (TPSA) is 66.5 Å². The highest BCUT2D eigenvalue weighted by Gasteiger charge is 2.32. The van der Waals surface area contributed by atoms with Gasteiger partial charge in [0.25, 0.3) is 0 Å². The molecule has 1 heterocycles. The molecule has 0 radical (unpaired) electrons. The van der Waals surface area contributed by atoms with Crippen LogP contribution in [-0.4, -0.2) is 31.7 Å². The second-order valence-corrected chi connectivity index (χ2v) is 10.6. The highest BCUT2D eigenvalue weighted by atomic mass is 32.2. The van der Waals surface area contributed by atoms with Gasteiger partial charge >= 0.3 is 0 Å². The average Bonchev–Trinajstić information content (AvgIpc) is 2.75. The SMILES string of the molecule is CC(C)C[C@@H](NC(=O)C1CCN(S(=O)(=O)Cc2ccc(F)cc2)CC1)c1ccccc1. The number of piperidine rings is 1. The van der Waals surface area contributed by atoms with Crippen LogP contribution >= 0.6 is 0 Å². The van der Waals surface area contributed by atoms with Crippen LogP contribution in [0, 0.1) is 17.7 Å². The first-order valence-corrected chi connectivity index (χ1v) is 12.4. The highest BCUT2D eigenvalue weighted by molar-refractivity contribution is 7.88. The van der Waals surface area contributed by atoms with E-state index in [1.54, 1.807) is 0 Å². The lowest BCUT2D eigenvalue weighted by molar-refractivity contribution is -0.127. The van der Waals surface area contributed by atoms with Gasteiger partial charge < -0.3 is 5.32 Å². The molecule has 168 valence electrons. The second-order valence-electron chi connectivity index (χ2n) is 8.66. The summed E-state index contributed by atoms with van der Waals surface area (Å²) < 4.78 is 40.0. The zero-order valence-electron chi connectivity index (χ0n) is 18.1. The van der Waals surface area contributed by atoms with Gasteiger partial charge in [0.2, 0.25) is 15.9 Å². The zero-order valence-corrected chi connectivity index (χ0v) is 18.9. The van der Waals surface area contributed by atoms with E-state index in [0.717, 1.165) is 12.0 Å². The Balaban J connectivity index is 1.57. The van der Waals surface area contributed by atoms with Crippen molar-refractivity contribution in [2.45, 2.75) is 44.9 Å². The van der Waals surface area contributed by atoms with E-state index < -0.39 is 10.0 Å². The number of benzene rings is 2. The molecular formula is C24H31FN2O3S. The molecule has 0 bridgehead atoms. The Labute approximate surface area is 184 Å². The summed E-state index contributed by atoms with van der Waals surface area (Å²) in [4.78, 5) is 12.9. The van der Waals surface area contributed by atoms with Crippen molar-refractivity contribution in [2.75, 3.05) is 13.1 Å². The smallest absolute Gasteiger partial charge is 0.223 e. The summed E-state index contributed by atoms with van der Waals surface area (Å²) in [5.74, 6) is -0.321. The summed E-state index contributed by atoms with van der Waals surface area (Å²) in [6.45, 7) is 4.91. The maximum absolute atomic E-state index is 13.1. The van der Waals surface area contributed by atoms with Crippen molar-refractivity contribution in [1.82, 2.24) is 9.62 Å². The predicted octanol–water partition coefficient (Wildman–Crippen LogP) is 4.27. The van der Waals surface area contributed by atoms with E-state index in [0.29, 0.717) is 37.4 Å². The predicted molar refractivity (Wildman–Crippen MR) is 120 cm³/mol. The van der Waals surface area contributed by atoms with Gasteiger partial charge in [-0.15, -0.1) is 0 Å². The van der Waals surface area contributed by atoms with Crippen LogP contribution in [0.4, 0.5) is 4.39 Å². The fraction of sp³-hybridized carbons (Fsp3) is 0.458. The Hall–Kier alpha value is -2.25. The number of carbonyl (C=O) groups excluding carboxylic acids is 1. The molecule has 1 fully saturated rings. The maximum atomic E-state index is 13.1. The minimum absolute atomic E-state index is 0.00918. The number of hydrogen-bond acceptors (Lipinski definition) is 3. The van der Waals surface area contributed by atoms with Crippen molar-refractivity contribution < 1.29 is 17.6 Å². The summed E-state index contributed by atoms with van der Waals surface area (Å²) in [5.41, 5.74) is 1.64. The number of carbonyl (C=O) groups is 1. The van der Waals surface area contributed by atoms with Crippen LogP contribution in [-0.2, 0) is 20.6 Å². The van der Waals surface area contributed by atoms with E-state index >= 15 is 0 Å². The second kappa shape index (κ2) is 10.4. The van der Waals surface area contributed by atoms with E-state index in [4.69, 9.17) is 0 Å². The van der Waals surface area contributed by atoms with Crippen LogP contribution in [0.1, 0.15) is 50.3 Å². The molecule has 2 aromatic carbocycles. The van der Waals surface area contributed by atoms with Crippen LogP contribution in [0.15, 0.2) is 54.6 Å². The molecule has 2 aromatic rings. The number of sulfonamides is 1. The molecule has 3 rings (SSSR count). The number of hydrogen-bond donors (Lipinski definition) is 1. The first-order valence-electron chi connectivity index (χ1n) is 10.8. The third-order valence-corrected chi connectivity index (χ3v) is 7.56. The van der Waals surface area contributed by atoms with Gasteiger partial charge in [0.1, 0.15) is 5.82 Å². The van der Waals surface area contributed by atoms with Gasteiger partial charge in [0, 0.05) is 19.0 Å². The Morgan fingerprint density at radius 2 is 1.68 bits per heavy atom. The fourth-order valence-corrected chi connectivity index (χ4v) is 5.57. The van der Waals surface area contributed by atoms with E-state index in [2.05, 4.69) is 19.2 Å². The molecule has 0 spiro atoms. The molecule has 31 heavy (non-hydrogen) atoms. The highest BCUT2D eigenvalue weighted by Crippen LogP contribution is 2.25. The first kappa shape index (κ1) is 23.4. The van der Waals surface area contributed by atoms with Gasteiger partial charge in [-0.1, -0.05) is 56.3 Å². The summed E-state index contributed by atoms with van der Waals surface area (Å²) in [5, 5.41) is 3.19. The van der Waals surface area contributed by atoms with Crippen LogP contribution in [0.2, 0.25) is 0 Å². The van der Waals surface area contributed by atoms with Gasteiger partial charge in [-0.25, -0.2) is 17.1 Å². The number of halogens is 1. The monoisotopic (exact) mass is 446 g/mol. The maximum Gasteiger partial charge on any atom is 0.223 e. The van der Waals surface area contributed by atoms with Crippen LogP contribution in [0.25, 0.3) is 0 Å². The van der Waals surface area contributed by atoms with E-state index in [1.807, 2.05) is 30.3 Å².